The molecule has 0 N–H and O–H groups in total. The van der Waals surface area contributed by atoms with Gasteiger partial charge in [-0.1, -0.05) is 0 Å². The minimum absolute atomic E-state index is 0.0956. The first kappa shape index (κ1) is 16.4. The van der Waals surface area contributed by atoms with Crippen molar-refractivity contribution in [2.45, 2.75) is 19.4 Å². The van der Waals surface area contributed by atoms with Gasteiger partial charge < -0.3 is 14.2 Å². The summed E-state index contributed by atoms with van der Waals surface area (Å²) in [5.41, 5.74) is -0.841. The lowest BCUT2D eigenvalue weighted by Crippen LogP contribution is -2.56. The largest absolute Gasteiger partial charge is 0.463 e. The molecule has 1 amide bonds. The molecule has 0 bridgehead atoms. The molecule has 1 aliphatic heterocycles. The molecule has 2 aromatic heterocycles. The minimum atomic E-state index is -1.06. The van der Waals surface area contributed by atoms with Crippen LogP contribution in [0.3, 0.4) is 0 Å². The number of rotatable bonds is 3. The predicted molar refractivity (Wildman–Crippen MR) is 89.6 cm³/mol. The highest BCUT2D eigenvalue weighted by Crippen LogP contribution is 2.20. The Kier molecular flexibility index (Phi) is 4.28. The molecule has 1 saturated heterocycles. The molecule has 7 heteroatoms. The Hall–Kier alpha value is -2.41. The van der Waals surface area contributed by atoms with Crippen LogP contribution in [0.15, 0.2) is 39.7 Å². The second-order valence-electron chi connectivity index (χ2n) is 6.60. The molecule has 24 heavy (non-hydrogen) atoms. The molecule has 0 saturated carbocycles. The molecule has 1 fully saturated rings. The zero-order chi connectivity index (χ0) is 17.3. The topological polar surface area (TPSA) is 71.6 Å². The molecular weight excluding hydrogens is 308 g/mol. The number of furan rings is 1. The summed E-state index contributed by atoms with van der Waals surface area (Å²) in [6, 6.07) is 6.55. The third kappa shape index (κ3) is 2.99. The van der Waals surface area contributed by atoms with E-state index in [1.54, 1.807) is 43.2 Å². The molecular formula is C17H22N4O3. The summed E-state index contributed by atoms with van der Waals surface area (Å²) in [7, 11) is 2.03. The Morgan fingerprint density at radius 3 is 2.50 bits per heavy atom. The van der Waals surface area contributed by atoms with Gasteiger partial charge in [-0.3, -0.25) is 9.59 Å². The average Bonchev–Trinajstić information content (AvgIpc) is 3.09. The smallest absolute Gasteiger partial charge is 0.267 e. The molecule has 0 unspecified atom stereocenters. The van der Waals surface area contributed by atoms with Crippen molar-refractivity contribution in [3.05, 3.63) is 40.9 Å². The Bertz CT molecular complexity index is 771. The molecule has 0 radical (unpaired) electrons. The third-order valence-corrected chi connectivity index (χ3v) is 4.42. The van der Waals surface area contributed by atoms with Crippen LogP contribution in [0.2, 0.25) is 0 Å². The van der Waals surface area contributed by atoms with Gasteiger partial charge in [-0.05, 0) is 39.1 Å². The van der Waals surface area contributed by atoms with Crippen LogP contribution in [0.1, 0.15) is 13.8 Å². The van der Waals surface area contributed by atoms with Crippen LogP contribution >= 0.6 is 0 Å². The summed E-state index contributed by atoms with van der Waals surface area (Å²) >= 11 is 0. The van der Waals surface area contributed by atoms with Gasteiger partial charge in [0.1, 0.15) is 11.2 Å². The van der Waals surface area contributed by atoms with Crippen molar-refractivity contribution >= 4 is 5.91 Å². The number of carbonyl (C=O) groups is 1. The minimum Gasteiger partial charge on any atom is -0.463 e. The van der Waals surface area contributed by atoms with Crippen LogP contribution < -0.4 is 5.56 Å². The predicted octanol–water partition coefficient (Wildman–Crippen LogP) is 1.01. The monoisotopic (exact) mass is 330 g/mol. The van der Waals surface area contributed by atoms with Gasteiger partial charge in [0.15, 0.2) is 5.76 Å². The van der Waals surface area contributed by atoms with Crippen LogP contribution in [0.5, 0.6) is 0 Å². The van der Waals surface area contributed by atoms with E-state index in [9.17, 15) is 9.59 Å². The quantitative estimate of drug-likeness (QED) is 0.840. The van der Waals surface area contributed by atoms with Crippen LogP contribution in [0.25, 0.3) is 11.5 Å². The Morgan fingerprint density at radius 2 is 1.88 bits per heavy atom. The van der Waals surface area contributed by atoms with Gasteiger partial charge in [-0.2, -0.15) is 5.10 Å². The van der Waals surface area contributed by atoms with Gasteiger partial charge in [0, 0.05) is 32.2 Å². The molecule has 7 nitrogen and oxygen atoms in total. The number of hydrogen-bond donors (Lipinski definition) is 0. The summed E-state index contributed by atoms with van der Waals surface area (Å²) in [5.74, 6) is 0.466. The highest BCUT2D eigenvalue weighted by molar-refractivity contribution is 5.83. The lowest BCUT2D eigenvalue weighted by molar-refractivity contribution is -0.141. The maximum Gasteiger partial charge on any atom is 0.267 e. The van der Waals surface area contributed by atoms with E-state index in [2.05, 4.69) is 10.00 Å². The van der Waals surface area contributed by atoms with E-state index < -0.39 is 5.54 Å². The van der Waals surface area contributed by atoms with Crippen molar-refractivity contribution in [3.8, 4) is 11.5 Å². The number of nitrogens with zero attached hydrogens (tertiary/aromatic N) is 4. The fourth-order valence-electron chi connectivity index (χ4n) is 2.85. The number of aromatic nitrogens is 2. The van der Waals surface area contributed by atoms with E-state index in [-0.39, 0.29) is 11.5 Å². The number of piperazine rings is 1. The molecule has 0 spiro atoms. The normalized spacial score (nSPS) is 16.4. The molecule has 1 aliphatic rings. The maximum absolute atomic E-state index is 13.0. The first-order valence-electron chi connectivity index (χ1n) is 8.02. The maximum atomic E-state index is 13.0. The van der Waals surface area contributed by atoms with Crippen molar-refractivity contribution in [3.63, 3.8) is 0 Å². The third-order valence-electron chi connectivity index (χ3n) is 4.42. The van der Waals surface area contributed by atoms with Crippen LogP contribution in [0, 0.1) is 0 Å². The summed E-state index contributed by atoms with van der Waals surface area (Å²) in [4.78, 5) is 29.3. The summed E-state index contributed by atoms with van der Waals surface area (Å²) in [6.45, 7) is 6.44. The Balaban J connectivity index is 1.92. The van der Waals surface area contributed by atoms with E-state index in [0.29, 0.717) is 24.5 Å². The zero-order valence-corrected chi connectivity index (χ0v) is 14.2. The Morgan fingerprint density at radius 1 is 1.17 bits per heavy atom. The fourth-order valence-corrected chi connectivity index (χ4v) is 2.85. The average molecular weight is 330 g/mol. The summed E-state index contributed by atoms with van der Waals surface area (Å²) in [5, 5.41) is 4.37. The molecule has 0 atom stereocenters. The molecule has 0 aliphatic carbocycles. The zero-order valence-electron chi connectivity index (χ0n) is 14.2. The number of carbonyl (C=O) groups excluding carboxylic acids is 1. The van der Waals surface area contributed by atoms with Gasteiger partial charge in [-0.25, -0.2) is 4.68 Å². The first-order chi connectivity index (χ1) is 11.4. The van der Waals surface area contributed by atoms with Crippen LogP contribution in [-0.2, 0) is 10.3 Å². The highest BCUT2D eigenvalue weighted by atomic mass is 16.3. The van der Waals surface area contributed by atoms with E-state index in [0.717, 1.165) is 13.1 Å². The summed E-state index contributed by atoms with van der Waals surface area (Å²) < 4.78 is 6.59. The number of likely N-dealkylation sites (N-methyl/N-ethyl adjacent to an activating group) is 1. The standard InChI is InChI=1S/C17H22N4O3/c1-17(2,16(23)20-10-8-19(3)9-11-20)21-15(22)7-6-13(18-21)14-5-4-12-24-14/h4-7,12H,8-11H2,1-3H3. The lowest BCUT2D eigenvalue weighted by atomic mass is 10.0. The van der Waals surface area contributed by atoms with E-state index in [1.807, 2.05) is 7.05 Å². The van der Waals surface area contributed by atoms with Crippen LogP contribution in [-0.4, -0.2) is 58.7 Å². The van der Waals surface area contributed by atoms with Gasteiger partial charge in [0.05, 0.1) is 6.26 Å². The van der Waals surface area contributed by atoms with Crippen molar-refractivity contribution < 1.29 is 9.21 Å². The Labute approximate surface area is 140 Å². The fraction of sp³-hybridized carbons (Fsp3) is 0.471. The van der Waals surface area contributed by atoms with Crippen LogP contribution in [0.4, 0.5) is 0 Å². The number of hydrogen-bond acceptors (Lipinski definition) is 5. The lowest BCUT2D eigenvalue weighted by Gasteiger charge is -2.37. The SMILES string of the molecule is CN1CCN(C(=O)C(C)(C)n2nc(-c3ccco3)ccc2=O)CC1. The van der Waals surface area contributed by atoms with Gasteiger partial charge >= 0.3 is 0 Å². The van der Waals surface area contributed by atoms with Crippen molar-refractivity contribution in [2.75, 3.05) is 33.2 Å². The molecule has 0 aromatic carbocycles. The van der Waals surface area contributed by atoms with Crippen molar-refractivity contribution in [2.24, 2.45) is 0 Å². The van der Waals surface area contributed by atoms with E-state index >= 15 is 0 Å². The molecule has 3 rings (SSSR count). The van der Waals surface area contributed by atoms with Crippen molar-refractivity contribution in [1.82, 2.24) is 19.6 Å². The van der Waals surface area contributed by atoms with E-state index in [1.165, 1.54) is 10.7 Å². The first-order valence-corrected chi connectivity index (χ1v) is 8.02. The number of amides is 1. The molecule has 2 aromatic rings. The molecule has 128 valence electrons. The van der Waals surface area contributed by atoms with Gasteiger partial charge in [-0.15, -0.1) is 0 Å². The highest BCUT2D eigenvalue weighted by Gasteiger charge is 2.36. The van der Waals surface area contributed by atoms with E-state index in [4.69, 9.17) is 4.42 Å². The second kappa shape index (κ2) is 6.24. The molecule has 3 heterocycles. The van der Waals surface area contributed by atoms with Crippen molar-refractivity contribution in [1.29, 1.82) is 0 Å². The second-order valence-corrected chi connectivity index (χ2v) is 6.60. The summed E-state index contributed by atoms with van der Waals surface area (Å²) in [6.07, 6.45) is 1.55. The van der Waals surface area contributed by atoms with Gasteiger partial charge in [0.25, 0.3) is 5.56 Å². The van der Waals surface area contributed by atoms with Gasteiger partial charge in [0.2, 0.25) is 5.91 Å².